The minimum absolute atomic E-state index is 0.0437. The number of hydrogen-bond donors (Lipinski definition) is 3. The number of carbonyl (C=O) groups excluding carboxylic acids is 2. The summed E-state index contributed by atoms with van der Waals surface area (Å²) in [5.41, 5.74) is 4.09. The first-order valence-corrected chi connectivity index (χ1v) is 14.9. The molecule has 39 heavy (non-hydrogen) atoms. The molecule has 0 aliphatic carbocycles. The second kappa shape index (κ2) is 10.5. The maximum atomic E-state index is 13.3. The van der Waals surface area contributed by atoms with E-state index in [1.165, 1.54) is 18.2 Å². The van der Waals surface area contributed by atoms with E-state index >= 15 is 0 Å². The van der Waals surface area contributed by atoms with Gasteiger partial charge in [-0.05, 0) is 80.3 Å². The van der Waals surface area contributed by atoms with E-state index in [4.69, 9.17) is 23.2 Å². The number of halogens is 2. The molecular weight excluding hydrogens is 561 g/mol. The molecule has 3 N–H and O–H groups in total. The number of piperidine rings is 1. The van der Waals surface area contributed by atoms with Gasteiger partial charge in [0.05, 0.1) is 27.9 Å². The van der Waals surface area contributed by atoms with Crippen LogP contribution < -0.4 is 5.32 Å². The van der Waals surface area contributed by atoms with Crippen molar-refractivity contribution >= 4 is 62.2 Å². The third-order valence-corrected chi connectivity index (χ3v) is 9.48. The molecule has 1 fully saturated rings. The summed E-state index contributed by atoms with van der Waals surface area (Å²) in [7, 11) is -3.81. The standard InChI is InChI=1S/C28H27Cl2N3O5S/c1-15-25(31-16(2)26(15)28(36)33-9-7-19(34)8-10-33)13-22-21-12-20(4-6-24(21)32-27(22)35)39(37,38)14-17-11-18(29)3-5-23(17)30/h3-6,11-13,19,31,34H,7-10,14H2,1-2H3,(H,32,35)/b22-13-. The molecule has 0 spiro atoms. The monoisotopic (exact) mass is 587 g/mol. The molecule has 0 atom stereocenters. The first kappa shape index (κ1) is 27.5. The fraction of sp³-hybridized carbons (Fsp3) is 0.286. The van der Waals surface area contributed by atoms with Crippen LogP contribution in [0, 0.1) is 13.8 Å². The normalized spacial score (nSPS) is 17.0. The maximum absolute atomic E-state index is 13.3. The number of H-pyrrole nitrogens is 1. The number of benzene rings is 2. The summed E-state index contributed by atoms with van der Waals surface area (Å²) in [6, 6.07) is 9.15. The van der Waals surface area contributed by atoms with Crippen LogP contribution in [0.4, 0.5) is 5.69 Å². The number of nitrogens with zero attached hydrogens (tertiary/aromatic N) is 1. The third-order valence-electron chi connectivity index (χ3n) is 7.22. The summed E-state index contributed by atoms with van der Waals surface area (Å²) in [5, 5.41) is 13.2. The number of aliphatic hydroxyl groups excluding tert-OH is 1. The van der Waals surface area contributed by atoms with Gasteiger partial charge in [-0.3, -0.25) is 9.59 Å². The number of rotatable bonds is 5. The number of aromatic amines is 1. The zero-order valence-corrected chi connectivity index (χ0v) is 23.7. The molecule has 0 radical (unpaired) electrons. The molecule has 2 aliphatic heterocycles. The average Bonchev–Trinajstić information content (AvgIpc) is 3.35. The molecule has 0 bridgehead atoms. The van der Waals surface area contributed by atoms with Crippen molar-refractivity contribution in [2.75, 3.05) is 18.4 Å². The van der Waals surface area contributed by atoms with Crippen LogP contribution >= 0.6 is 23.2 Å². The van der Waals surface area contributed by atoms with E-state index in [1.54, 1.807) is 36.1 Å². The molecule has 3 aromatic rings. The Bertz CT molecular complexity index is 1640. The summed E-state index contributed by atoms with van der Waals surface area (Å²) in [4.78, 5) is 31.1. The van der Waals surface area contributed by atoms with Gasteiger partial charge in [0, 0.05) is 45.8 Å². The van der Waals surface area contributed by atoms with Crippen molar-refractivity contribution in [3.63, 3.8) is 0 Å². The summed E-state index contributed by atoms with van der Waals surface area (Å²) in [6.45, 7) is 4.57. The molecular formula is C28H27Cl2N3O5S. The van der Waals surface area contributed by atoms with Crippen LogP contribution in [0.1, 0.15) is 51.3 Å². The third kappa shape index (κ3) is 5.36. The number of likely N-dealkylation sites (tertiary alicyclic amines) is 1. The number of sulfone groups is 1. The highest BCUT2D eigenvalue weighted by Crippen LogP contribution is 2.37. The Morgan fingerprint density at radius 2 is 1.85 bits per heavy atom. The van der Waals surface area contributed by atoms with Gasteiger partial charge in [0.25, 0.3) is 11.8 Å². The van der Waals surface area contributed by atoms with Crippen LogP contribution in [-0.2, 0) is 20.4 Å². The molecule has 5 rings (SSSR count). The Hall–Kier alpha value is -3.11. The van der Waals surface area contributed by atoms with Gasteiger partial charge in [-0.25, -0.2) is 8.42 Å². The highest BCUT2D eigenvalue weighted by atomic mass is 35.5. The fourth-order valence-electron chi connectivity index (χ4n) is 5.06. The molecule has 2 aromatic carbocycles. The van der Waals surface area contributed by atoms with E-state index < -0.39 is 9.84 Å². The van der Waals surface area contributed by atoms with Crippen molar-refractivity contribution in [3.05, 3.63) is 80.1 Å². The number of fused-ring (bicyclic) bond motifs is 1. The maximum Gasteiger partial charge on any atom is 0.256 e. The highest BCUT2D eigenvalue weighted by molar-refractivity contribution is 7.90. The van der Waals surface area contributed by atoms with Crippen molar-refractivity contribution in [3.8, 4) is 0 Å². The lowest BCUT2D eigenvalue weighted by Crippen LogP contribution is -2.40. The average molecular weight is 589 g/mol. The van der Waals surface area contributed by atoms with E-state index in [2.05, 4.69) is 10.3 Å². The molecule has 3 heterocycles. The largest absolute Gasteiger partial charge is 0.393 e. The fourth-order valence-corrected chi connectivity index (χ4v) is 6.90. The van der Waals surface area contributed by atoms with Gasteiger partial charge in [-0.1, -0.05) is 23.2 Å². The topological polar surface area (TPSA) is 120 Å². The van der Waals surface area contributed by atoms with Crippen molar-refractivity contribution in [1.82, 2.24) is 9.88 Å². The second-order valence-electron chi connectivity index (χ2n) is 9.90. The van der Waals surface area contributed by atoms with Crippen molar-refractivity contribution < 1.29 is 23.1 Å². The Morgan fingerprint density at radius 3 is 2.56 bits per heavy atom. The molecule has 11 heteroatoms. The second-order valence-corrected chi connectivity index (χ2v) is 12.7. The molecule has 204 valence electrons. The zero-order chi connectivity index (χ0) is 28.1. The van der Waals surface area contributed by atoms with Crippen LogP contribution in [0.25, 0.3) is 11.6 Å². The molecule has 2 aliphatic rings. The summed E-state index contributed by atoms with van der Waals surface area (Å²) >= 11 is 12.2. The number of anilines is 1. The first-order valence-electron chi connectivity index (χ1n) is 12.5. The Balaban J connectivity index is 1.48. The van der Waals surface area contributed by atoms with E-state index in [1.807, 2.05) is 6.92 Å². The van der Waals surface area contributed by atoms with Crippen LogP contribution in [0.2, 0.25) is 10.0 Å². The van der Waals surface area contributed by atoms with Gasteiger partial charge >= 0.3 is 0 Å². The molecule has 1 aromatic heterocycles. The van der Waals surface area contributed by atoms with Gasteiger partial charge < -0.3 is 20.3 Å². The highest BCUT2D eigenvalue weighted by Gasteiger charge is 2.30. The first-order chi connectivity index (χ1) is 18.4. The van der Waals surface area contributed by atoms with Crippen LogP contribution in [0.5, 0.6) is 0 Å². The molecule has 0 unspecified atom stereocenters. The van der Waals surface area contributed by atoms with Gasteiger partial charge in [0.1, 0.15) is 0 Å². The van der Waals surface area contributed by atoms with E-state index in [-0.39, 0.29) is 34.1 Å². The zero-order valence-electron chi connectivity index (χ0n) is 21.3. The van der Waals surface area contributed by atoms with Crippen molar-refractivity contribution in [2.45, 2.75) is 43.4 Å². The smallest absolute Gasteiger partial charge is 0.256 e. The molecule has 8 nitrogen and oxygen atoms in total. The lowest BCUT2D eigenvalue weighted by molar-refractivity contribution is -0.110. The van der Waals surface area contributed by atoms with Gasteiger partial charge in [-0.2, -0.15) is 0 Å². The van der Waals surface area contributed by atoms with Crippen molar-refractivity contribution in [1.29, 1.82) is 0 Å². The van der Waals surface area contributed by atoms with Gasteiger partial charge in [-0.15, -0.1) is 0 Å². The minimum Gasteiger partial charge on any atom is -0.393 e. The summed E-state index contributed by atoms with van der Waals surface area (Å²) in [5.74, 6) is -0.844. The quantitative estimate of drug-likeness (QED) is 0.363. The molecule has 1 saturated heterocycles. The number of nitrogens with one attached hydrogen (secondary N) is 2. The van der Waals surface area contributed by atoms with Crippen LogP contribution in [0.15, 0.2) is 41.3 Å². The lowest BCUT2D eigenvalue weighted by atomic mass is 10.0. The number of amides is 2. The van der Waals surface area contributed by atoms with Crippen molar-refractivity contribution in [2.24, 2.45) is 0 Å². The van der Waals surface area contributed by atoms with Gasteiger partial charge in [0.15, 0.2) is 9.84 Å². The van der Waals surface area contributed by atoms with Crippen LogP contribution in [0.3, 0.4) is 0 Å². The Morgan fingerprint density at radius 1 is 1.13 bits per heavy atom. The number of carbonyl (C=O) groups is 2. The van der Waals surface area contributed by atoms with E-state index in [0.29, 0.717) is 75.3 Å². The molecule has 0 saturated carbocycles. The predicted molar refractivity (Wildman–Crippen MR) is 152 cm³/mol. The molecule has 2 amide bonds. The number of hydrogen-bond acceptors (Lipinski definition) is 5. The summed E-state index contributed by atoms with van der Waals surface area (Å²) in [6.07, 6.45) is 2.33. The lowest BCUT2D eigenvalue weighted by Gasteiger charge is -2.29. The SMILES string of the molecule is Cc1[nH]c(/C=C2\C(=O)Nc3ccc(S(=O)(=O)Cc4cc(Cl)ccc4Cl)cc32)c(C)c1C(=O)N1CCC(O)CC1. The Labute approximate surface area is 236 Å². The minimum atomic E-state index is -3.81. The van der Waals surface area contributed by atoms with Gasteiger partial charge in [0.2, 0.25) is 0 Å². The van der Waals surface area contributed by atoms with Crippen LogP contribution in [-0.4, -0.2) is 54.4 Å². The predicted octanol–water partition coefficient (Wildman–Crippen LogP) is 5.00. The van der Waals surface area contributed by atoms with E-state index in [9.17, 15) is 23.1 Å². The summed E-state index contributed by atoms with van der Waals surface area (Å²) < 4.78 is 26.5. The number of aryl methyl sites for hydroxylation is 1. The number of aromatic nitrogens is 1. The number of aliphatic hydroxyl groups is 1. The van der Waals surface area contributed by atoms with E-state index in [0.717, 1.165) is 0 Å². The Kier molecular flexibility index (Phi) is 7.37.